The van der Waals surface area contributed by atoms with E-state index in [4.69, 9.17) is 0 Å². The maximum atomic E-state index is 10.8. The molecule has 0 atom stereocenters. The van der Waals surface area contributed by atoms with E-state index in [-0.39, 0.29) is 10.6 Å². The van der Waals surface area contributed by atoms with Gasteiger partial charge in [0.2, 0.25) is 0 Å². The van der Waals surface area contributed by atoms with Crippen LogP contribution in [0.4, 0.5) is 11.4 Å². The molecule has 16 heavy (non-hydrogen) atoms. The largest absolute Gasteiger partial charge is 0.382 e. The zero-order valence-corrected chi connectivity index (χ0v) is 9.99. The summed E-state index contributed by atoms with van der Waals surface area (Å²) in [5.41, 5.74) is 1.75. The van der Waals surface area contributed by atoms with E-state index in [0.29, 0.717) is 11.6 Å². The molecule has 0 amide bonds. The number of anilines is 1. The number of nitro groups is 1. The Bertz CT molecular complexity index is 373. The van der Waals surface area contributed by atoms with Crippen LogP contribution in [0, 0.1) is 17.0 Å². The molecule has 1 aromatic rings. The van der Waals surface area contributed by atoms with Gasteiger partial charge in [-0.05, 0) is 25.8 Å². The van der Waals surface area contributed by atoms with Crippen LogP contribution in [0.25, 0.3) is 0 Å². The molecule has 0 unspecified atom stereocenters. The number of benzene rings is 1. The smallest absolute Gasteiger partial charge is 0.274 e. The molecule has 0 fully saturated rings. The predicted octanol–water partition coefficient (Wildman–Crippen LogP) is 3.50. The lowest BCUT2D eigenvalue weighted by Crippen LogP contribution is -2.17. The van der Waals surface area contributed by atoms with Crippen molar-refractivity contribution in [2.45, 2.75) is 39.7 Å². The standard InChI is InChI=1S/C12H18N2O2/c1-4-10(5-2)13-11-7-6-8-12(9(11)3)14(15)16/h6-8,10,13H,4-5H2,1-3H3. The Kier molecular flexibility index (Phi) is 4.28. The Labute approximate surface area is 95.8 Å². The Morgan fingerprint density at radius 3 is 2.50 bits per heavy atom. The monoisotopic (exact) mass is 222 g/mol. The van der Waals surface area contributed by atoms with Gasteiger partial charge in [-0.2, -0.15) is 0 Å². The normalized spacial score (nSPS) is 10.5. The topological polar surface area (TPSA) is 55.2 Å². The molecule has 0 saturated carbocycles. The van der Waals surface area contributed by atoms with E-state index in [2.05, 4.69) is 19.2 Å². The minimum atomic E-state index is -0.340. The first kappa shape index (κ1) is 12.5. The molecule has 0 radical (unpaired) electrons. The van der Waals surface area contributed by atoms with Crippen molar-refractivity contribution >= 4 is 11.4 Å². The first-order valence-electron chi connectivity index (χ1n) is 5.60. The van der Waals surface area contributed by atoms with Gasteiger partial charge in [0.25, 0.3) is 5.69 Å². The Balaban J connectivity index is 2.97. The summed E-state index contributed by atoms with van der Waals surface area (Å²) in [6.07, 6.45) is 2.03. The van der Waals surface area contributed by atoms with E-state index in [9.17, 15) is 10.1 Å². The number of rotatable bonds is 5. The van der Waals surface area contributed by atoms with Crippen LogP contribution in [0.2, 0.25) is 0 Å². The average molecular weight is 222 g/mol. The van der Waals surface area contributed by atoms with Crippen molar-refractivity contribution in [1.82, 2.24) is 0 Å². The van der Waals surface area contributed by atoms with Crippen molar-refractivity contribution in [3.05, 3.63) is 33.9 Å². The number of hydrogen-bond acceptors (Lipinski definition) is 3. The van der Waals surface area contributed by atoms with Crippen molar-refractivity contribution in [3.8, 4) is 0 Å². The number of hydrogen-bond donors (Lipinski definition) is 1. The van der Waals surface area contributed by atoms with Gasteiger partial charge in [-0.1, -0.05) is 19.9 Å². The highest BCUT2D eigenvalue weighted by Crippen LogP contribution is 2.26. The summed E-state index contributed by atoms with van der Waals surface area (Å²) in [6.45, 7) is 5.99. The van der Waals surface area contributed by atoms with Gasteiger partial charge in [0.15, 0.2) is 0 Å². The zero-order chi connectivity index (χ0) is 12.1. The van der Waals surface area contributed by atoms with Gasteiger partial charge in [-0.3, -0.25) is 10.1 Å². The van der Waals surface area contributed by atoms with E-state index in [1.807, 2.05) is 6.07 Å². The molecular weight excluding hydrogens is 204 g/mol. The van der Waals surface area contributed by atoms with Crippen molar-refractivity contribution in [1.29, 1.82) is 0 Å². The zero-order valence-electron chi connectivity index (χ0n) is 9.99. The second kappa shape index (κ2) is 5.49. The summed E-state index contributed by atoms with van der Waals surface area (Å²) >= 11 is 0. The molecule has 0 saturated heterocycles. The molecule has 0 heterocycles. The van der Waals surface area contributed by atoms with E-state index < -0.39 is 0 Å². The van der Waals surface area contributed by atoms with Gasteiger partial charge in [0.05, 0.1) is 4.92 Å². The molecule has 1 rings (SSSR count). The second-order valence-corrected chi connectivity index (χ2v) is 3.86. The Morgan fingerprint density at radius 2 is 2.00 bits per heavy atom. The molecule has 1 N–H and O–H groups in total. The molecule has 0 aliphatic heterocycles. The first-order valence-corrected chi connectivity index (χ1v) is 5.60. The van der Waals surface area contributed by atoms with Crippen LogP contribution in [0.5, 0.6) is 0 Å². The maximum Gasteiger partial charge on any atom is 0.274 e. The van der Waals surface area contributed by atoms with Crippen LogP contribution in [-0.4, -0.2) is 11.0 Å². The second-order valence-electron chi connectivity index (χ2n) is 3.86. The summed E-state index contributed by atoms with van der Waals surface area (Å²) in [4.78, 5) is 10.4. The summed E-state index contributed by atoms with van der Waals surface area (Å²) in [7, 11) is 0. The molecule has 4 heteroatoms. The fourth-order valence-electron chi connectivity index (χ4n) is 1.69. The lowest BCUT2D eigenvalue weighted by molar-refractivity contribution is -0.385. The summed E-state index contributed by atoms with van der Waals surface area (Å²) in [5.74, 6) is 0. The summed E-state index contributed by atoms with van der Waals surface area (Å²) < 4.78 is 0. The van der Waals surface area contributed by atoms with E-state index in [1.54, 1.807) is 13.0 Å². The van der Waals surface area contributed by atoms with Gasteiger partial charge < -0.3 is 5.32 Å². The quantitative estimate of drug-likeness (QED) is 0.612. The van der Waals surface area contributed by atoms with Gasteiger partial charge in [0, 0.05) is 23.4 Å². The minimum absolute atomic E-state index is 0.177. The van der Waals surface area contributed by atoms with Crippen LogP contribution in [0.3, 0.4) is 0 Å². The van der Waals surface area contributed by atoms with E-state index in [1.165, 1.54) is 6.07 Å². The molecule has 4 nitrogen and oxygen atoms in total. The first-order chi connectivity index (χ1) is 7.60. The fourth-order valence-corrected chi connectivity index (χ4v) is 1.69. The third kappa shape index (κ3) is 2.72. The maximum absolute atomic E-state index is 10.8. The van der Waals surface area contributed by atoms with E-state index >= 15 is 0 Å². The molecule has 0 aliphatic rings. The predicted molar refractivity (Wildman–Crippen MR) is 65.8 cm³/mol. The molecule has 0 spiro atoms. The summed E-state index contributed by atoms with van der Waals surface area (Å²) in [5, 5.41) is 14.1. The molecule has 88 valence electrons. The van der Waals surface area contributed by atoms with Gasteiger partial charge in [0.1, 0.15) is 0 Å². The van der Waals surface area contributed by atoms with Gasteiger partial charge in [-0.15, -0.1) is 0 Å². The number of nitro benzene ring substituents is 1. The molecule has 0 aliphatic carbocycles. The fraction of sp³-hybridized carbons (Fsp3) is 0.500. The number of nitrogens with zero attached hydrogens (tertiary/aromatic N) is 1. The van der Waals surface area contributed by atoms with Crippen molar-refractivity contribution in [2.24, 2.45) is 0 Å². The van der Waals surface area contributed by atoms with Crippen LogP contribution >= 0.6 is 0 Å². The van der Waals surface area contributed by atoms with Crippen LogP contribution < -0.4 is 5.32 Å². The Morgan fingerprint density at radius 1 is 1.38 bits per heavy atom. The van der Waals surface area contributed by atoms with Crippen LogP contribution in [0.1, 0.15) is 32.3 Å². The van der Waals surface area contributed by atoms with Crippen LogP contribution in [-0.2, 0) is 0 Å². The SMILES string of the molecule is CCC(CC)Nc1cccc([N+](=O)[O-])c1C. The van der Waals surface area contributed by atoms with Crippen LogP contribution in [0.15, 0.2) is 18.2 Å². The lowest BCUT2D eigenvalue weighted by atomic mass is 10.1. The summed E-state index contributed by atoms with van der Waals surface area (Å²) in [6, 6.07) is 5.52. The third-order valence-electron chi connectivity index (χ3n) is 2.85. The minimum Gasteiger partial charge on any atom is -0.382 e. The van der Waals surface area contributed by atoms with E-state index in [0.717, 1.165) is 18.5 Å². The Hall–Kier alpha value is -1.58. The van der Waals surface area contributed by atoms with Gasteiger partial charge in [-0.25, -0.2) is 0 Å². The highest BCUT2D eigenvalue weighted by molar-refractivity contribution is 5.60. The number of nitrogens with one attached hydrogen (secondary N) is 1. The van der Waals surface area contributed by atoms with Gasteiger partial charge >= 0.3 is 0 Å². The van der Waals surface area contributed by atoms with Crippen molar-refractivity contribution in [3.63, 3.8) is 0 Å². The molecule has 0 bridgehead atoms. The average Bonchev–Trinajstić information content (AvgIpc) is 2.27. The third-order valence-corrected chi connectivity index (χ3v) is 2.85. The lowest BCUT2D eigenvalue weighted by Gasteiger charge is -2.17. The molecular formula is C12H18N2O2. The highest BCUT2D eigenvalue weighted by atomic mass is 16.6. The van der Waals surface area contributed by atoms with Crippen molar-refractivity contribution in [2.75, 3.05) is 5.32 Å². The molecule has 0 aromatic heterocycles. The van der Waals surface area contributed by atoms with Crippen molar-refractivity contribution < 1.29 is 4.92 Å². The highest BCUT2D eigenvalue weighted by Gasteiger charge is 2.14. The molecule has 1 aromatic carbocycles.